The van der Waals surface area contributed by atoms with Gasteiger partial charge in [0.15, 0.2) is 0 Å². The predicted octanol–water partition coefficient (Wildman–Crippen LogP) is 2.75. The third-order valence-corrected chi connectivity index (χ3v) is 2.43. The van der Waals surface area contributed by atoms with E-state index in [1.165, 1.54) is 0 Å². The Labute approximate surface area is 90.3 Å². The van der Waals surface area contributed by atoms with Crippen LogP contribution in [0.3, 0.4) is 0 Å². The number of nitrogens with one attached hydrogen (secondary N) is 1. The molecule has 0 aliphatic rings. The summed E-state index contributed by atoms with van der Waals surface area (Å²) in [5.41, 5.74) is 0.959. The van der Waals surface area contributed by atoms with E-state index in [0.717, 1.165) is 15.9 Å². The minimum Gasteiger partial charge on any atom is -0.486 e. The molecule has 72 valence electrons. The van der Waals surface area contributed by atoms with Gasteiger partial charge in [0.1, 0.15) is 12.4 Å². The number of H-pyrrole nitrogens is 1. The third-order valence-electron chi connectivity index (χ3n) is 1.77. The number of nitrogens with zero attached hydrogens (tertiary/aromatic N) is 1. The van der Waals surface area contributed by atoms with E-state index >= 15 is 0 Å². The molecule has 2 rings (SSSR count). The second-order valence-electron chi connectivity index (χ2n) is 2.80. The van der Waals surface area contributed by atoms with E-state index in [2.05, 4.69) is 25.9 Å². The van der Waals surface area contributed by atoms with Gasteiger partial charge in [-0.05, 0) is 28.1 Å². The van der Waals surface area contributed by atoms with Crippen molar-refractivity contribution < 1.29 is 4.74 Å². The first-order valence-corrected chi connectivity index (χ1v) is 5.00. The highest BCUT2D eigenvalue weighted by molar-refractivity contribution is 9.10. The van der Waals surface area contributed by atoms with Crippen LogP contribution in [-0.2, 0) is 6.61 Å². The Morgan fingerprint density at radius 2 is 2.21 bits per heavy atom. The van der Waals surface area contributed by atoms with E-state index in [-0.39, 0.29) is 0 Å². The number of aromatic nitrogens is 2. The lowest BCUT2D eigenvalue weighted by Gasteiger charge is -2.05. The van der Waals surface area contributed by atoms with Gasteiger partial charge in [-0.1, -0.05) is 12.1 Å². The summed E-state index contributed by atoms with van der Waals surface area (Å²) in [6.45, 7) is 0.503. The molecule has 1 N–H and O–H groups in total. The molecule has 0 spiro atoms. The number of hydrogen-bond donors (Lipinski definition) is 1. The van der Waals surface area contributed by atoms with Crippen molar-refractivity contribution in [2.24, 2.45) is 0 Å². The van der Waals surface area contributed by atoms with Crippen LogP contribution in [-0.4, -0.2) is 9.97 Å². The minimum absolute atomic E-state index is 0.503. The minimum atomic E-state index is 0.503. The lowest BCUT2D eigenvalue weighted by atomic mass is 10.3. The molecule has 1 aromatic heterocycles. The summed E-state index contributed by atoms with van der Waals surface area (Å²) in [5, 5.41) is 0. The highest BCUT2D eigenvalue weighted by atomic mass is 79.9. The third kappa shape index (κ3) is 2.14. The monoisotopic (exact) mass is 252 g/mol. The number of halogens is 1. The van der Waals surface area contributed by atoms with E-state index in [0.29, 0.717) is 6.61 Å². The van der Waals surface area contributed by atoms with E-state index in [4.69, 9.17) is 4.74 Å². The Kier molecular flexibility index (Phi) is 2.84. The highest BCUT2D eigenvalue weighted by Gasteiger charge is 1.99. The molecule has 0 aliphatic heterocycles. The fourth-order valence-electron chi connectivity index (χ4n) is 1.08. The van der Waals surface area contributed by atoms with Crippen molar-refractivity contribution in [1.29, 1.82) is 0 Å². The second-order valence-corrected chi connectivity index (χ2v) is 3.65. The zero-order chi connectivity index (χ0) is 9.80. The number of aromatic amines is 1. The van der Waals surface area contributed by atoms with Crippen LogP contribution in [0.15, 0.2) is 41.3 Å². The fourth-order valence-corrected chi connectivity index (χ4v) is 1.48. The zero-order valence-corrected chi connectivity index (χ0v) is 8.99. The van der Waals surface area contributed by atoms with E-state index in [1.807, 2.05) is 24.3 Å². The molecule has 0 radical (unpaired) electrons. The molecule has 0 amide bonds. The zero-order valence-electron chi connectivity index (χ0n) is 7.40. The van der Waals surface area contributed by atoms with Crippen LogP contribution in [0.25, 0.3) is 0 Å². The van der Waals surface area contributed by atoms with E-state index < -0.39 is 0 Å². The standard InChI is InChI=1S/C10H9BrN2O/c11-9-3-1-2-4-10(9)14-6-8-5-12-7-13-8/h1-5,7H,6H2,(H,12,13). The first-order valence-electron chi connectivity index (χ1n) is 4.21. The molecule has 1 heterocycles. The normalized spacial score (nSPS) is 10.1. The number of imidazole rings is 1. The maximum Gasteiger partial charge on any atom is 0.134 e. The highest BCUT2D eigenvalue weighted by Crippen LogP contribution is 2.24. The summed E-state index contributed by atoms with van der Waals surface area (Å²) < 4.78 is 6.52. The SMILES string of the molecule is Brc1ccccc1OCc1cnc[nH]1. The van der Waals surface area contributed by atoms with Crippen molar-refractivity contribution in [1.82, 2.24) is 9.97 Å². The molecule has 0 saturated heterocycles. The van der Waals surface area contributed by atoms with Crippen molar-refractivity contribution in [2.75, 3.05) is 0 Å². The van der Waals surface area contributed by atoms with Gasteiger partial charge in [0, 0.05) is 0 Å². The summed E-state index contributed by atoms with van der Waals surface area (Å²) in [6, 6.07) is 7.75. The molecule has 1 aromatic carbocycles. The summed E-state index contributed by atoms with van der Waals surface area (Å²) in [6.07, 6.45) is 3.38. The fraction of sp³-hybridized carbons (Fsp3) is 0.100. The molecule has 2 aromatic rings. The summed E-state index contributed by atoms with van der Waals surface area (Å²) in [4.78, 5) is 6.89. The molecule has 0 fully saturated rings. The van der Waals surface area contributed by atoms with Gasteiger partial charge in [-0.2, -0.15) is 0 Å². The van der Waals surface area contributed by atoms with Crippen molar-refractivity contribution >= 4 is 15.9 Å². The average molecular weight is 253 g/mol. The van der Waals surface area contributed by atoms with Gasteiger partial charge in [0.05, 0.1) is 22.7 Å². The molecule has 4 heteroatoms. The number of ether oxygens (including phenoxy) is 1. The maximum absolute atomic E-state index is 5.56. The molecule has 0 aliphatic carbocycles. The molecule has 0 saturated carbocycles. The van der Waals surface area contributed by atoms with Gasteiger partial charge < -0.3 is 9.72 Å². The first kappa shape index (κ1) is 9.27. The van der Waals surface area contributed by atoms with Gasteiger partial charge in [0.2, 0.25) is 0 Å². The van der Waals surface area contributed by atoms with Gasteiger partial charge in [-0.3, -0.25) is 0 Å². The number of rotatable bonds is 3. The summed E-state index contributed by atoms with van der Waals surface area (Å²) in [7, 11) is 0. The second kappa shape index (κ2) is 4.28. The smallest absolute Gasteiger partial charge is 0.134 e. The molecular weight excluding hydrogens is 244 g/mol. The van der Waals surface area contributed by atoms with Crippen LogP contribution >= 0.6 is 15.9 Å². The van der Waals surface area contributed by atoms with Crippen LogP contribution in [0.5, 0.6) is 5.75 Å². The van der Waals surface area contributed by atoms with Crippen molar-refractivity contribution in [3.8, 4) is 5.75 Å². The number of benzene rings is 1. The Bertz CT molecular complexity index is 400. The van der Waals surface area contributed by atoms with Crippen LogP contribution in [0.2, 0.25) is 0 Å². The number of para-hydroxylation sites is 1. The molecule has 0 bridgehead atoms. The van der Waals surface area contributed by atoms with E-state index in [9.17, 15) is 0 Å². The molecule has 3 nitrogen and oxygen atoms in total. The quantitative estimate of drug-likeness (QED) is 0.913. The van der Waals surface area contributed by atoms with Crippen molar-refractivity contribution in [2.45, 2.75) is 6.61 Å². The lowest BCUT2D eigenvalue weighted by molar-refractivity contribution is 0.300. The van der Waals surface area contributed by atoms with Crippen LogP contribution in [0.4, 0.5) is 0 Å². The van der Waals surface area contributed by atoms with Crippen molar-refractivity contribution in [3.63, 3.8) is 0 Å². The Balaban J connectivity index is 2.02. The summed E-state index contributed by atoms with van der Waals surface area (Å²) in [5.74, 6) is 0.835. The summed E-state index contributed by atoms with van der Waals surface area (Å²) >= 11 is 3.41. The maximum atomic E-state index is 5.56. The van der Waals surface area contributed by atoms with Crippen LogP contribution in [0.1, 0.15) is 5.69 Å². The average Bonchev–Trinajstić information content (AvgIpc) is 2.69. The van der Waals surface area contributed by atoms with Gasteiger partial charge in [-0.15, -0.1) is 0 Å². The molecule has 0 atom stereocenters. The molecule has 14 heavy (non-hydrogen) atoms. The Hall–Kier alpha value is -1.29. The van der Waals surface area contributed by atoms with Gasteiger partial charge in [0.25, 0.3) is 0 Å². The molecular formula is C10H9BrN2O. The number of hydrogen-bond acceptors (Lipinski definition) is 2. The van der Waals surface area contributed by atoms with E-state index in [1.54, 1.807) is 12.5 Å². The van der Waals surface area contributed by atoms with Crippen LogP contribution in [0, 0.1) is 0 Å². The predicted molar refractivity (Wildman–Crippen MR) is 57.1 cm³/mol. The topological polar surface area (TPSA) is 37.9 Å². The first-order chi connectivity index (χ1) is 6.86. The lowest BCUT2D eigenvalue weighted by Crippen LogP contribution is -1.95. The Morgan fingerprint density at radius 1 is 1.36 bits per heavy atom. The Morgan fingerprint density at radius 3 is 2.93 bits per heavy atom. The van der Waals surface area contributed by atoms with Gasteiger partial charge >= 0.3 is 0 Å². The van der Waals surface area contributed by atoms with Gasteiger partial charge in [-0.25, -0.2) is 4.98 Å². The van der Waals surface area contributed by atoms with Crippen molar-refractivity contribution in [3.05, 3.63) is 47.0 Å². The van der Waals surface area contributed by atoms with Crippen LogP contribution < -0.4 is 4.74 Å². The largest absolute Gasteiger partial charge is 0.486 e. The molecule has 0 unspecified atom stereocenters.